The van der Waals surface area contributed by atoms with Crippen LogP contribution in [0.4, 0.5) is 0 Å². The van der Waals surface area contributed by atoms with E-state index in [0.29, 0.717) is 16.0 Å². The molecule has 0 aromatic heterocycles. The summed E-state index contributed by atoms with van der Waals surface area (Å²) < 4.78 is 0. The van der Waals surface area contributed by atoms with Crippen LogP contribution in [0.1, 0.15) is 36.6 Å². The molecule has 0 amide bonds. The van der Waals surface area contributed by atoms with Crippen molar-refractivity contribution >= 4 is 23.2 Å². The molecule has 0 aliphatic rings. The first-order chi connectivity index (χ1) is 9.45. The second kappa shape index (κ2) is 6.62. The van der Waals surface area contributed by atoms with Crippen molar-refractivity contribution in [3.05, 3.63) is 69.2 Å². The van der Waals surface area contributed by atoms with E-state index in [9.17, 15) is 0 Å². The normalized spacial score (nSPS) is 12.7. The van der Waals surface area contributed by atoms with Gasteiger partial charge in [-0.3, -0.25) is 0 Å². The van der Waals surface area contributed by atoms with Crippen molar-refractivity contribution in [2.24, 2.45) is 11.7 Å². The molecule has 0 aliphatic carbocycles. The van der Waals surface area contributed by atoms with Gasteiger partial charge in [-0.15, -0.1) is 0 Å². The Morgan fingerprint density at radius 1 is 0.950 bits per heavy atom. The van der Waals surface area contributed by atoms with Crippen LogP contribution < -0.4 is 5.73 Å². The number of benzene rings is 2. The molecule has 0 spiro atoms. The monoisotopic (exact) mass is 307 g/mol. The highest BCUT2D eigenvalue weighted by Gasteiger charge is 2.11. The SMILES string of the molecule is CC(C)Cc1cccc(C(N)c2cc(Cl)cc(Cl)c2)c1. The van der Waals surface area contributed by atoms with Crippen LogP contribution in [-0.4, -0.2) is 0 Å². The zero-order valence-corrected chi connectivity index (χ0v) is 13.2. The number of hydrogen-bond acceptors (Lipinski definition) is 1. The fraction of sp³-hybridized carbons (Fsp3) is 0.294. The molecule has 2 rings (SSSR count). The largest absolute Gasteiger partial charge is 0.320 e. The molecule has 0 heterocycles. The maximum Gasteiger partial charge on any atom is 0.0552 e. The Labute approximate surface area is 130 Å². The zero-order valence-electron chi connectivity index (χ0n) is 11.7. The summed E-state index contributed by atoms with van der Waals surface area (Å²) in [6.45, 7) is 4.42. The number of nitrogens with two attached hydrogens (primary N) is 1. The fourth-order valence-corrected chi connectivity index (χ4v) is 2.88. The van der Waals surface area contributed by atoms with Crippen LogP contribution in [0.25, 0.3) is 0 Å². The third-order valence-corrected chi connectivity index (χ3v) is 3.63. The van der Waals surface area contributed by atoms with Crippen LogP contribution >= 0.6 is 23.2 Å². The molecule has 1 atom stereocenters. The van der Waals surface area contributed by atoms with E-state index in [-0.39, 0.29) is 6.04 Å². The van der Waals surface area contributed by atoms with Crippen LogP contribution in [0, 0.1) is 5.92 Å². The Morgan fingerprint density at radius 2 is 1.60 bits per heavy atom. The summed E-state index contributed by atoms with van der Waals surface area (Å²) >= 11 is 12.1. The van der Waals surface area contributed by atoms with Gasteiger partial charge in [0.25, 0.3) is 0 Å². The molecule has 0 saturated heterocycles. The summed E-state index contributed by atoms with van der Waals surface area (Å²) in [6, 6.07) is 13.6. The summed E-state index contributed by atoms with van der Waals surface area (Å²) in [5, 5.41) is 1.22. The summed E-state index contributed by atoms with van der Waals surface area (Å²) in [7, 11) is 0. The maximum absolute atomic E-state index is 6.34. The van der Waals surface area contributed by atoms with E-state index in [1.54, 1.807) is 6.07 Å². The topological polar surface area (TPSA) is 26.0 Å². The van der Waals surface area contributed by atoms with E-state index in [1.807, 2.05) is 18.2 Å². The van der Waals surface area contributed by atoms with Gasteiger partial charge in [0, 0.05) is 10.0 Å². The minimum atomic E-state index is -0.210. The molecule has 2 N–H and O–H groups in total. The average molecular weight is 308 g/mol. The first-order valence-corrected chi connectivity index (χ1v) is 7.51. The van der Waals surface area contributed by atoms with Gasteiger partial charge in [-0.1, -0.05) is 61.3 Å². The Bertz CT molecular complexity index is 573. The van der Waals surface area contributed by atoms with Crippen LogP contribution in [0.5, 0.6) is 0 Å². The number of rotatable bonds is 4. The molecule has 3 heteroatoms. The molecule has 2 aromatic carbocycles. The van der Waals surface area contributed by atoms with Gasteiger partial charge in [0.05, 0.1) is 6.04 Å². The second-order valence-electron chi connectivity index (χ2n) is 5.52. The lowest BCUT2D eigenvalue weighted by atomic mass is 9.95. The molecule has 1 nitrogen and oxygen atoms in total. The molecule has 0 bridgehead atoms. The van der Waals surface area contributed by atoms with Gasteiger partial charge in [0.2, 0.25) is 0 Å². The molecule has 20 heavy (non-hydrogen) atoms. The molecule has 0 fully saturated rings. The van der Waals surface area contributed by atoms with Gasteiger partial charge < -0.3 is 5.73 Å². The van der Waals surface area contributed by atoms with E-state index < -0.39 is 0 Å². The third kappa shape index (κ3) is 3.99. The van der Waals surface area contributed by atoms with E-state index in [1.165, 1.54) is 5.56 Å². The summed E-state index contributed by atoms with van der Waals surface area (Å²) in [5.74, 6) is 0.627. The first kappa shape index (κ1) is 15.4. The molecule has 0 saturated carbocycles. The van der Waals surface area contributed by atoms with Gasteiger partial charge in [-0.2, -0.15) is 0 Å². The van der Waals surface area contributed by atoms with Gasteiger partial charge in [0.1, 0.15) is 0 Å². The van der Waals surface area contributed by atoms with Crippen molar-refractivity contribution in [1.29, 1.82) is 0 Å². The smallest absolute Gasteiger partial charge is 0.0552 e. The second-order valence-corrected chi connectivity index (χ2v) is 6.40. The van der Waals surface area contributed by atoms with Crippen LogP contribution in [-0.2, 0) is 6.42 Å². The predicted molar refractivity (Wildman–Crippen MR) is 87.5 cm³/mol. The van der Waals surface area contributed by atoms with Gasteiger partial charge >= 0.3 is 0 Å². The predicted octanol–water partition coefficient (Wildman–Crippen LogP) is 5.24. The Kier molecular flexibility index (Phi) is 5.09. The Morgan fingerprint density at radius 3 is 2.20 bits per heavy atom. The summed E-state index contributed by atoms with van der Waals surface area (Å²) in [5.41, 5.74) is 9.66. The highest BCUT2D eigenvalue weighted by atomic mass is 35.5. The Balaban J connectivity index is 2.30. The lowest BCUT2D eigenvalue weighted by molar-refractivity contribution is 0.646. The standard InChI is InChI=1S/C17H19Cl2N/c1-11(2)6-12-4-3-5-13(7-12)17(20)14-8-15(18)10-16(19)9-14/h3-5,7-11,17H,6,20H2,1-2H3. The van der Waals surface area contributed by atoms with Crippen LogP contribution in [0.2, 0.25) is 10.0 Å². The van der Waals surface area contributed by atoms with Crippen LogP contribution in [0.3, 0.4) is 0 Å². The lowest BCUT2D eigenvalue weighted by Crippen LogP contribution is -2.12. The van der Waals surface area contributed by atoms with Crippen molar-refractivity contribution in [2.75, 3.05) is 0 Å². The zero-order chi connectivity index (χ0) is 14.7. The number of hydrogen-bond donors (Lipinski definition) is 1. The third-order valence-electron chi connectivity index (χ3n) is 3.20. The average Bonchev–Trinajstić information content (AvgIpc) is 2.36. The van der Waals surface area contributed by atoms with Gasteiger partial charge in [0.15, 0.2) is 0 Å². The first-order valence-electron chi connectivity index (χ1n) is 6.76. The van der Waals surface area contributed by atoms with Crippen molar-refractivity contribution in [2.45, 2.75) is 26.3 Å². The highest BCUT2D eigenvalue weighted by molar-refractivity contribution is 6.34. The fourth-order valence-electron chi connectivity index (χ4n) is 2.33. The van der Waals surface area contributed by atoms with Crippen LogP contribution in [0.15, 0.2) is 42.5 Å². The minimum Gasteiger partial charge on any atom is -0.320 e. The molecular formula is C17H19Cl2N. The van der Waals surface area contributed by atoms with Gasteiger partial charge in [-0.05, 0) is 47.2 Å². The molecule has 1 unspecified atom stereocenters. The van der Waals surface area contributed by atoms with Crippen molar-refractivity contribution in [3.8, 4) is 0 Å². The molecule has 0 radical (unpaired) electrons. The van der Waals surface area contributed by atoms with Gasteiger partial charge in [-0.25, -0.2) is 0 Å². The molecule has 106 valence electrons. The highest BCUT2D eigenvalue weighted by Crippen LogP contribution is 2.27. The molecule has 0 aliphatic heterocycles. The van der Waals surface area contributed by atoms with E-state index in [0.717, 1.165) is 17.5 Å². The van der Waals surface area contributed by atoms with E-state index in [4.69, 9.17) is 28.9 Å². The Hall–Kier alpha value is -1.02. The summed E-state index contributed by atoms with van der Waals surface area (Å²) in [6.07, 6.45) is 1.05. The number of halogens is 2. The van der Waals surface area contributed by atoms with Crippen molar-refractivity contribution < 1.29 is 0 Å². The lowest BCUT2D eigenvalue weighted by Gasteiger charge is -2.15. The van der Waals surface area contributed by atoms with Crippen molar-refractivity contribution in [1.82, 2.24) is 0 Å². The van der Waals surface area contributed by atoms with E-state index >= 15 is 0 Å². The van der Waals surface area contributed by atoms with Crippen molar-refractivity contribution in [3.63, 3.8) is 0 Å². The summed E-state index contributed by atoms with van der Waals surface area (Å²) in [4.78, 5) is 0. The molecular weight excluding hydrogens is 289 g/mol. The molecule has 2 aromatic rings. The minimum absolute atomic E-state index is 0.210. The maximum atomic E-state index is 6.34. The quantitative estimate of drug-likeness (QED) is 0.821. The van der Waals surface area contributed by atoms with E-state index in [2.05, 4.69) is 32.0 Å².